The molecular weight excluding hydrogens is 294 g/mol. The first kappa shape index (κ1) is 16.7. The average molecular weight is 315 g/mol. The van der Waals surface area contributed by atoms with Crippen molar-refractivity contribution in [2.24, 2.45) is 0 Å². The molecule has 0 aliphatic carbocycles. The van der Waals surface area contributed by atoms with Crippen LogP contribution in [0.1, 0.15) is 35.1 Å². The van der Waals surface area contributed by atoms with Crippen LogP contribution in [0.4, 0.5) is 5.69 Å². The number of rotatable bonds is 6. The Morgan fingerprint density at radius 2 is 2.04 bits per heavy atom. The maximum Gasteiger partial charge on any atom is 0.338 e. The Bertz CT molecular complexity index is 707. The van der Waals surface area contributed by atoms with E-state index in [1.165, 1.54) is 0 Å². The lowest BCUT2D eigenvalue weighted by molar-refractivity contribution is -0.116. The fourth-order valence-corrected chi connectivity index (χ4v) is 2.27. The molecule has 0 aliphatic rings. The zero-order valence-corrected chi connectivity index (χ0v) is 13.6. The van der Waals surface area contributed by atoms with Gasteiger partial charge in [0.1, 0.15) is 0 Å². The molecule has 122 valence electrons. The van der Waals surface area contributed by atoms with Crippen LogP contribution >= 0.6 is 0 Å². The van der Waals surface area contributed by atoms with E-state index in [-0.39, 0.29) is 5.91 Å². The Hall–Kier alpha value is -2.63. The summed E-state index contributed by atoms with van der Waals surface area (Å²) in [6.45, 7) is 6.47. The summed E-state index contributed by atoms with van der Waals surface area (Å²) in [6, 6.07) is 8.69. The number of aromatic nitrogens is 2. The van der Waals surface area contributed by atoms with Gasteiger partial charge in [0.2, 0.25) is 5.91 Å². The minimum Gasteiger partial charge on any atom is -0.462 e. The van der Waals surface area contributed by atoms with Crippen molar-refractivity contribution in [2.45, 2.75) is 33.7 Å². The van der Waals surface area contributed by atoms with E-state index < -0.39 is 5.97 Å². The van der Waals surface area contributed by atoms with Gasteiger partial charge in [-0.05, 0) is 45.0 Å². The Morgan fingerprint density at radius 1 is 1.26 bits per heavy atom. The van der Waals surface area contributed by atoms with E-state index in [2.05, 4.69) is 10.4 Å². The van der Waals surface area contributed by atoms with Crippen LogP contribution in [0, 0.1) is 13.8 Å². The maximum absolute atomic E-state index is 12.0. The molecule has 0 saturated heterocycles. The number of esters is 1. The summed E-state index contributed by atoms with van der Waals surface area (Å²) < 4.78 is 6.75. The molecule has 6 heteroatoms. The second kappa shape index (κ2) is 7.58. The number of amides is 1. The highest BCUT2D eigenvalue weighted by Crippen LogP contribution is 2.12. The molecule has 6 nitrogen and oxygen atoms in total. The number of hydrogen-bond acceptors (Lipinski definition) is 4. The number of ether oxygens (including phenoxy) is 1. The highest BCUT2D eigenvalue weighted by atomic mass is 16.5. The van der Waals surface area contributed by atoms with Gasteiger partial charge in [0.25, 0.3) is 0 Å². The fraction of sp³-hybridized carbons (Fsp3) is 0.353. The van der Waals surface area contributed by atoms with Gasteiger partial charge in [-0.25, -0.2) is 4.79 Å². The number of anilines is 1. The van der Waals surface area contributed by atoms with Gasteiger partial charge in [-0.1, -0.05) is 6.07 Å². The predicted octanol–water partition coefficient (Wildman–Crippen LogP) is 2.71. The molecule has 0 atom stereocenters. The van der Waals surface area contributed by atoms with Crippen LogP contribution in [0.2, 0.25) is 0 Å². The van der Waals surface area contributed by atoms with Gasteiger partial charge in [0, 0.05) is 24.3 Å². The van der Waals surface area contributed by atoms with Crippen molar-refractivity contribution in [3.8, 4) is 0 Å². The minimum absolute atomic E-state index is 0.126. The van der Waals surface area contributed by atoms with E-state index in [9.17, 15) is 9.59 Å². The summed E-state index contributed by atoms with van der Waals surface area (Å²) in [5.41, 5.74) is 2.96. The SMILES string of the molecule is CCOC(=O)c1cccc(NC(=O)CCn2nc(C)cc2C)c1. The number of nitrogens with one attached hydrogen (secondary N) is 1. The molecule has 0 aliphatic heterocycles. The van der Waals surface area contributed by atoms with Crippen LogP contribution in [0.5, 0.6) is 0 Å². The minimum atomic E-state index is -0.397. The van der Waals surface area contributed by atoms with Gasteiger partial charge in [0.05, 0.1) is 17.9 Å². The lowest BCUT2D eigenvalue weighted by atomic mass is 10.2. The summed E-state index contributed by atoms with van der Waals surface area (Å²) in [6.07, 6.45) is 0.311. The van der Waals surface area contributed by atoms with Crippen molar-refractivity contribution in [3.63, 3.8) is 0 Å². The lowest BCUT2D eigenvalue weighted by Crippen LogP contribution is -2.16. The van der Waals surface area contributed by atoms with Gasteiger partial charge in [-0.15, -0.1) is 0 Å². The van der Waals surface area contributed by atoms with Crippen LogP contribution in [0.15, 0.2) is 30.3 Å². The standard InChI is InChI=1S/C17H21N3O3/c1-4-23-17(22)14-6-5-7-15(11-14)18-16(21)8-9-20-13(3)10-12(2)19-20/h5-7,10-11H,4,8-9H2,1-3H3,(H,18,21). The lowest BCUT2D eigenvalue weighted by Gasteiger charge is -2.08. The third-order valence-electron chi connectivity index (χ3n) is 3.31. The third kappa shape index (κ3) is 4.67. The summed E-state index contributed by atoms with van der Waals surface area (Å²) >= 11 is 0. The Labute approximate surface area is 135 Å². The number of carbonyl (C=O) groups excluding carboxylic acids is 2. The van der Waals surface area contributed by atoms with Gasteiger partial charge in [-0.2, -0.15) is 5.10 Å². The molecule has 1 N–H and O–H groups in total. The Morgan fingerprint density at radius 3 is 2.70 bits per heavy atom. The van der Waals surface area contributed by atoms with Crippen LogP contribution in [0.3, 0.4) is 0 Å². The van der Waals surface area contributed by atoms with Crippen LogP contribution < -0.4 is 5.32 Å². The summed E-state index contributed by atoms with van der Waals surface area (Å²) in [7, 11) is 0. The monoisotopic (exact) mass is 315 g/mol. The normalized spacial score (nSPS) is 10.4. The van der Waals surface area contributed by atoms with Crippen molar-refractivity contribution in [1.82, 2.24) is 9.78 Å². The third-order valence-corrected chi connectivity index (χ3v) is 3.31. The van der Waals surface area contributed by atoms with Crippen molar-refractivity contribution in [2.75, 3.05) is 11.9 Å². The zero-order chi connectivity index (χ0) is 16.8. The maximum atomic E-state index is 12.0. The van der Waals surface area contributed by atoms with Crippen molar-refractivity contribution >= 4 is 17.6 Å². The summed E-state index contributed by atoms with van der Waals surface area (Å²) in [5.74, 6) is -0.523. The molecule has 2 rings (SSSR count). The molecule has 1 aromatic carbocycles. The fourth-order valence-electron chi connectivity index (χ4n) is 2.27. The first-order chi connectivity index (χ1) is 11.0. The molecular formula is C17H21N3O3. The molecule has 1 amide bonds. The molecule has 0 spiro atoms. The number of nitrogens with zero attached hydrogens (tertiary/aromatic N) is 2. The number of benzene rings is 1. The Balaban J connectivity index is 1.93. The molecule has 1 aromatic heterocycles. The van der Waals surface area contributed by atoms with Crippen LogP contribution in [-0.2, 0) is 16.1 Å². The van der Waals surface area contributed by atoms with E-state index in [0.29, 0.717) is 30.8 Å². The Kier molecular flexibility index (Phi) is 5.51. The summed E-state index contributed by atoms with van der Waals surface area (Å²) in [4.78, 5) is 23.7. The second-order valence-electron chi connectivity index (χ2n) is 5.25. The van der Waals surface area contributed by atoms with Gasteiger partial charge in [0.15, 0.2) is 0 Å². The molecule has 23 heavy (non-hydrogen) atoms. The van der Waals surface area contributed by atoms with Crippen LogP contribution in [-0.4, -0.2) is 28.3 Å². The topological polar surface area (TPSA) is 73.2 Å². The molecule has 0 fully saturated rings. The van der Waals surface area contributed by atoms with Crippen molar-refractivity contribution in [3.05, 3.63) is 47.3 Å². The van der Waals surface area contributed by atoms with Crippen LogP contribution in [0.25, 0.3) is 0 Å². The first-order valence-corrected chi connectivity index (χ1v) is 7.57. The molecule has 0 saturated carbocycles. The van der Waals surface area contributed by atoms with Gasteiger partial charge >= 0.3 is 5.97 Å². The molecule has 0 unspecified atom stereocenters. The molecule has 2 aromatic rings. The predicted molar refractivity (Wildman–Crippen MR) is 87.3 cm³/mol. The van der Waals surface area contributed by atoms with Crippen molar-refractivity contribution in [1.29, 1.82) is 0 Å². The highest BCUT2D eigenvalue weighted by Gasteiger charge is 2.09. The first-order valence-electron chi connectivity index (χ1n) is 7.57. The highest BCUT2D eigenvalue weighted by molar-refractivity contribution is 5.94. The van der Waals surface area contributed by atoms with E-state index >= 15 is 0 Å². The zero-order valence-electron chi connectivity index (χ0n) is 13.6. The smallest absolute Gasteiger partial charge is 0.338 e. The summed E-state index contributed by atoms with van der Waals surface area (Å²) in [5, 5.41) is 7.11. The van der Waals surface area contributed by atoms with E-state index in [1.807, 2.05) is 24.6 Å². The number of hydrogen-bond donors (Lipinski definition) is 1. The largest absolute Gasteiger partial charge is 0.462 e. The molecule has 1 heterocycles. The molecule has 0 radical (unpaired) electrons. The van der Waals surface area contributed by atoms with Gasteiger partial charge < -0.3 is 10.1 Å². The van der Waals surface area contributed by atoms with Crippen molar-refractivity contribution < 1.29 is 14.3 Å². The molecule has 0 bridgehead atoms. The quantitative estimate of drug-likeness (QED) is 0.832. The second-order valence-corrected chi connectivity index (χ2v) is 5.25. The number of carbonyl (C=O) groups is 2. The number of aryl methyl sites for hydroxylation is 3. The average Bonchev–Trinajstić information content (AvgIpc) is 2.83. The van der Waals surface area contributed by atoms with E-state index in [4.69, 9.17) is 4.74 Å². The van der Waals surface area contributed by atoms with E-state index in [0.717, 1.165) is 11.4 Å². The van der Waals surface area contributed by atoms with Gasteiger partial charge in [-0.3, -0.25) is 9.48 Å². The van der Waals surface area contributed by atoms with E-state index in [1.54, 1.807) is 31.2 Å².